The standard InChI is InChI=1S/C27H25NO4/c1-2-31-25(29)14-13-22-17-23-18-24(32-19-20-9-5-3-6-10-20)15-16-28(23)26(22)27(30)21-11-7-4-8-12-21/h3-12,15-18H,2,13-14,19H2,1H3. The van der Waals surface area contributed by atoms with Crippen LogP contribution in [-0.4, -0.2) is 22.8 Å². The SMILES string of the molecule is CCOC(=O)CCc1cc2cc(OCc3ccccc3)ccn2c1C(=O)c1ccccc1. The summed E-state index contributed by atoms with van der Waals surface area (Å²) >= 11 is 0. The zero-order chi connectivity index (χ0) is 22.3. The van der Waals surface area contributed by atoms with Crippen molar-refractivity contribution < 1.29 is 19.1 Å². The lowest BCUT2D eigenvalue weighted by molar-refractivity contribution is -0.143. The molecule has 0 unspecified atom stereocenters. The molecule has 0 saturated heterocycles. The first kappa shape index (κ1) is 21.4. The van der Waals surface area contributed by atoms with Crippen LogP contribution in [0.5, 0.6) is 5.75 Å². The molecule has 2 aromatic carbocycles. The zero-order valence-corrected chi connectivity index (χ0v) is 18.0. The fourth-order valence-corrected chi connectivity index (χ4v) is 3.69. The van der Waals surface area contributed by atoms with Crippen LogP contribution in [0.4, 0.5) is 0 Å². The molecule has 4 aromatic rings. The number of hydrogen-bond donors (Lipinski definition) is 0. The number of hydrogen-bond acceptors (Lipinski definition) is 4. The van der Waals surface area contributed by atoms with Crippen LogP contribution in [0.2, 0.25) is 0 Å². The minimum Gasteiger partial charge on any atom is -0.489 e. The molecule has 0 bridgehead atoms. The Morgan fingerprint density at radius 2 is 1.62 bits per heavy atom. The van der Waals surface area contributed by atoms with E-state index >= 15 is 0 Å². The topological polar surface area (TPSA) is 57.0 Å². The number of nitrogens with zero attached hydrogens (tertiary/aromatic N) is 1. The van der Waals surface area contributed by atoms with Crippen LogP contribution in [0, 0.1) is 0 Å². The summed E-state index contributed by atoms with van der Waals surface area (Å²) in [6.07, 6.45) is 2.49. The predicted molar refractivity (Wildman–Crippen MR) is 123 cm³/mol. The van der Waals surface area contributed by atoms with Crippen LogP contribution in [0.1, 0.15) is 40.5 Å². The molecule has 4 rings (SSSR count). The monoisotopic (exact) mass is 427 g/mol. The van der Waals surface area contributed by atoms with Gasteiger partial charge in [0.05, 0.1) is 12.3 Å². The highest BCUT2D eigenvalue weighted by molar-refractivity contribution is 6.09. The van der Waals surface area contributed by atoms with Gasteiger partial charge in [0.25, 0.3) is 0 Å². The number of ether oxygens (including phenoxy) is 2. The van der Waals surface area contributed by atoms with Gasteiger partial charge in [0.15, 0.2) is 0 Å². The number of pyridine rings is 1. The average molecular weight is 428 g/mol. The second-order valence-electron chi connectivity index (χ2n) is 7.45. The normalized spacial score (nSPS) is 10.8. The maximum absolute atomic E-state index is 13.3. The lowest BCUT2D eigenvalue weighted by atomic mass is 10.0. The average Bonchev–Trinajstić information content (AvgIpc) is 3.20. The predicted octanol–water partition coefficient (Wildman–Crippen LogP) is 5.25. The van der Waals surface area contributed by atoms with Crippen molar-refractivity contribution >= 4 is 17.3 Å². The van der Waals surface area contributed by atoms with Crippen molar-refractivity contribution in [2.75, 3.05) is 6.61 Å². The first-order valence-electron chi connectivity index (χ1n) is 10.7. The molecule has 0 atom stereocenters. The van der Waals surface area contributed by atoms with Crippen molar-refractivity contribution in [1.82, 2.24) is 4.40 Å². The molecule has 0 amide bonds. The molecule has 0 fully saturated rings. The fraction of sp³-hybridized carbons (Fsp3) is 0.185. The molecule has 0 N–H and O–H groups in total. The molecule has 2 aromatic heterocycles. The minimum atomic E-state index is -0.271. The van der Waals surface area contributed by atoms with Crippen LogP contribution in [0.3, 0.4) is 0 Å². The lowest BCUT2D eigenvalue weighted by Crippen LogP contribution is -2.10. The Kier molecular flexibility index (Phi) is 6.66. The van der Waals surface area contributed by atoms with Crippen LogP contribution in [0.15, 0.2) is 85.1 Å². The zero-order valence-electron chi connectivity index (χ0n) is 18.0. The largest absolute Gasteiger partial charge is 0.489 e. The van der Waals surface area contributed by atoms with E-state index in [-0.39, 0.29) is 18.2 Å². The number of aromatic nitrogens is 1. The number of fused-ring (bicyclic) bond motifs is 1. The maximum atomic E-state index is 13.3. The molecule has 32 heavy (non-hydrogen) atoms. The van der Waals surface area contributed by atoms with Crippen molar-refractivity contribution in [1.29, 1.82) is 0 Å². The molecule has 0 aliphatic rings. The first-order valence-corrected chi connectivity index (χ1v) is 10.7. The molecule has 5 nitrogen and oxygen atoms in total. The molecule has 5 heteroatoms. The Morgan fingerprint density at radius 3 is 2.34 bits per heavy atom. The second-order valence-corrected chi connectivity index (χ2v) is 7.45. The van der Waals surface area contributed by atoms with Gasteiger partial charge in [-0.05, 0) is 36.6 Å². The van der Waals surface area contributed by atoms with Crippen molar-refractivity contribution in [2.24, 2.45) is 0 Å². The van der Waals surface area contributed by atoms with E-state index < -0.39 is 0 Å². The Labute approximate surface area is 187 Å². The van der Waals surface area contributed by atoms with Crippen molar-refractivity contribution in [3.05, 3.63) is 107 Å². The van der Waals surface area contributed by atoms with E-state index in [4.69, 9.17) is 9.47 Å². The highest BCUT2D eigenvalue weighted by Gasteiger charge is 2.20. The molecular formula is C27H25NO4. The molecular weight excluding hydrogens is 402 g/mol. The number of carbonyl (C=O) groups excluding carboxylic acids is 2. The van der Waals surface area contributed by atoms with Crippen LogP contribution in [0.25, 0.3) is 5.52 Å². The lowest BCUT2D eigenvalue weighted by Gasteiger charge is -2.09. The minimum absolute atomic E-state index is 0.0811. The van der Waals surface area contributed by atoms with E-state index in [9.17, 15) is 9.59 Å². The van der Waals surface area contributed by atoms with Crippen LogP contribution < -0.4 is 4.74 Å². The van der Waals surface area contributed by atoms with E-state index in [0.29, 0.717) is 30.9 Å². The molecule has 0 radical (unpaired) electrons. The third-order valence-corrected chi connectivity index (χ3v) is 5.23. The van der Waals surface area contributed by atoms with Gasteiger partial charge in [-0.15, -0.1) is 0 Å². The molecule has 0 aliphatic carbocycles. The Balaban J connectivity index is 1.65. The highest BCUT2D eigenvalue weighted by atomic mass is 16.5. The van der Waals surface area contributed by atoms with E-state index in [1.807, 2.05) is 77.3 Å². The number of ketones is 1. The summed E-state index contributed by atoms with van der Waals surface area (Å²) in [7, 11) is 0. The Bertz CT molecular complexity index is 1210. The van der Waals surface area contributed by atoms with E-state index in [2.05, 4.69) is 0 Å². The van der Waals surface area contributed by atoms with Crippen molar-refractivity contribution in [2.45, 2.75) is 26.4 Å². The van der Waals surface area contributed by atoms with Gasteiger partial charge in [0.1, 0.15) is 12.4 Å². The van der Waals surface area contributed by atoms with E-state index in [1.54, 1.807) is 19.1 Å². The van der Waals surface area contributed by atoms with Crippen LogP contribution >= 0.6 is 0 Å². The number of esters is 1. The molecule has 0 saturated carbocycles. The van der Waals surface area contributed by atoms with Gasteiger partial charge in [-0.3, -0.25) is 9.59 Å². The van der Waals surface area contributed by atoms with Gasteiger partial charge in [-0.2, -0.15) is 0 Å². The summed E-state index contributed by atoms with van der Waals surface area (Å²) in [5.74, 6) is 0.365. The summed E-state index contributed by atoms with van der Waals surface area (Å²) in [6, 6.07) is 24.8. The molecule has 0 aliphatic heterocycles. The van der Waals surface area contributed by atoms with Crippen molar-refractivity contribution in [3.8, 4) is 5.75 Å². The van der Waals surface area contributed by atoms with Crippen molar-refractivity contribution in [3.63, 3.8) is 0 Å². The fourth-order valence-electron chi connectivity index (χ4n) is 3.69. The summed E-state index contributed by atoms with van der Waals surface area (Å²) in [4.78, 5) is 25.3. The third kappa shape index (κ3) is 4.89. The smallest absolute Gasteiger partial charge is 0.306 e. The number of carbonyl (C=O) groups is 2. The quantitative estimate of drug-likeness (QED) is 0.271. The first-order chi connectivity index (χ1) is 15.7. The van der Waals surface area contributed by atoms with E-state index in [1.165, 1.54) is 0 Å². The maximum Gasteiger partial charge on any atom is 0.306 e. The van der Waals surface area contributed by atoms with Gasteiger partial charge in [-0.1, -0.05) is 60.7 Å². The molecule has 2 heterocycles. The van der Waals surface area contributed by atoms with Gasteiger partial charge in [0.2, 0.25) is 5.78 Å². The number of rotatable bonds is 9. The molecule has 0 spiro atoms. The van der Waals surface area contributed by atoms with Crippen LogP contribution in [-0.2, 0) is 22.6 Å². The summed E-state index contributed by atoms with van der Waals surface area (Å²) in [5.41, 5.74) is 3.90. The van der Waals surface area contributed by atoms with Gasteiger partial charge in [0, 0.05) is 29.8 Å². The molecule has 162 valence electrons. The summed E-state index contributed by atoms with van der Waals surface area (Å²) in [6.45, 7) is 2.59. The summed E-state index contributed by atoms with van der Waals surface area (Å²) in [5, 5.41) is 0. The third-order valence-electron chi connectivity index (χ3n) is 5.23. The van der Waals surface area contributed by atoms with Gasteiger partial charge < -0.3 is 13.9 Å². The Morgan fingerprint density at radius 1 is 0.906 bits per heavy atom. The second kappa shape index (κ2) is 9.96. The summed E-state index contributed by atoms with van der Waals surface area (Å²) < 4.78 is 12.9. The van der Waals surface area contributed by atoms with E-state index in [0.717, 1.165) is 22.4 Å². The highest BCUT2D eigenvalue weighted by Crippen LogP contribution is 2.25. The van der Waals surface area contributed by atoms with Gasteiger partial charge in [-0.25, -0.2) is 0 Å². The van der Waals surface area contributed by atoms with Gasteiger partial charge >= 0.3 is 5.97 Å². The number of benzene rings is 2. The Hall–Kier alpha value is -3.86. The number of aryl methyl sites for hydroxylation is 1.